The Morgan fingerprint density at radius 1 is 1.00 bits per heavy atom. The minimum absolute atomic E-state index is 0.696. The molecule has 2 heterocycles. The molecule has 3 aromatic rings. The summed E-state index contributed by atoms with van der Waals surface area (Å²) >= 11 is 0. The maximum Gasteiger partial charge on any atom is 0.142 e. The van der Waals surface area contributed by atoms with Crippen molar-refractivity contribution in [1.82, 2.24) is 9.38 Å². The number of nitrogen functional groups attached to an aromatic ring is 1. The Hall–Kier alpha value is -2.29. The molecule has 0 aliphatic rings. The number of benzene rings is 1. The van der Waals surface area contributed by atoms with Gasteiger partial charge >= 0.3 is 0 Å². The summed E-state index contributed by atoms with van der Waals surface area (Å²) in [6.07, 6.45) is 1.95. The minimum Gasteiger partial charge on any atom is -0.383 e. The molecule has 0 unspecified atom stereocenters. The second kappa shape index (κ2) is 4.12. The van der Waals surface area contributed by atoms with Gasteiger partial charge in [0.15, 0.2) is 0 Å². The van der Waals surface area contributed by atoms with E-state index in [-0.39, 0.29) is 0 Å². The molecule has 0 amide bonds. The Morgan fingerprint density at radius 3 is 2.47 bits per heavy atom. The number of anilines is 1. The van der Waals surface area contributed by atoms with Crippen LogP contribution in [0.1, 0.15) is 16.7 Å². The van der Waals surface area contributed by atoms with Crippen molar-refractivity contribution in [3.05, 3.63) is 53.2 Å². The van der Waals surface area contributed by atoms with Gasteiger partial charge < -0.3 is 5.73 Å². The van der Waals surface area contributed by atoms with E-state index >= 15 is 0 Å². The van der Waals surface area contributed by atoms with Crippen LogP contribution < -0.4 is 5.73 Å². The van der Waals surface area contributed by atoms with Gasteiger partial charge in [-0.1, -0.05) is 18.2 Å². The number of nitrogens with two attached hydrogens (primary N) is 1. The van der Waals surface area contributed by atoms with E-state index in [0.717, 1.165) is 22.5 Å². The normalized spacial score (nSPS) is 11.1. The molecule has 3 nitrogen and oxygen atoms in total. The highest BCUT2D eigenvalue weighted by molar-refractivity contribution is 5.76. The predicted molar refractivity (Wildman–Crippen MR) is 79.3 cm³/mol. The van der Waals surface area contributed by atoms with Gasteiger partial charge in [-0.3, -0.25) is 4.40 Å². The van der Waals surface area contributed by atoms with E-state index in [4.69, 9.17) is 10.7 Å². The third-order valence-corrected chi connectivity index (χ3v) is 3.66. The molecule has 0 saturated heterocycles. The van der Waals surface area contributed by atoms with E-state index in [2.05, 4.69) is 32.0 Å². The molecule has 0 aliphatic carbocycles. The first-order valence-electron chi connectivity index (χ1n) is 6.38. The van der Waals surface area contributed by atoms with Crippen LogP contribution in [0.2, 0.25) is 0 Å². The van der Waals surface area contributed by atoms with E-state index in [0.29, 0.717) is 5.82 Å². The molecule has 0 fully saturated rings. The molecule has 3 rings (SSSR count). The lowest BCUT2D eigenvalue weighted by molar-refractivity contribution is 1.17. The number of aryl methyl sites for hydroxylation is 3. The lowest BCUT2D eigenvalue weighted by Crippen LogP contribution is -1.94. The average Bonchev–Trinajstić information content (AvgIpc) is 2.72. The lowest BCUT2D eigenvalue weighted by atomic mass is 10.0. The van der Waals surface area contributed by atoms with Gasteiger partial charge in [0.25, 0.3) is 0 Å². The number of nitrogens with zero attached hydrogens (tertiary/aromatic N) is 2. The van der Waals surface area contributed by atoms with E-state index < -0.39 is 0 Å². The molecule has 2 aromatic heterocycles. The molecule has 1 aromatic carbocycles. The molecule has 0 radical (unpaired) electrons. The molecule has 96 valence electrons. The zero-order chi connectivity index (χ0) is 13.6. The highest BCUT2D eigenvalue weighted by atomic mass is 15.1. The fourth-order valence-corrected chi connectivity index (χ4v) is 2.32. The number of aromatic nitrogens is 2. The van der Waals surface area contributed by atoms with Gasteiger partial charge in [-0.15, -0.1) is 0 Å². The third-order valence-electron chi connectivity index (χ3n) is 3.66. The van der Waals surface area contributed by atoms with Gasteiger partial charge in [0, 0.05) is 11.8 Å². The van der Waals surface area contributed by atoms with Crippen molar-refractivity contribution < 1.29 is 0 Å². The Morgan fingerprint density at radius 2 is 1.79 bits per heavy atom. The van der Waals surface area contributed by atoms with Crippen molar-refractivity contribution in [3.63, 3.8) is 0 Å². The van der Waals surface area contributed by atoms with Crippen LogP contribution in [0, 0.1) is 20.8 Å². The van der Waals surface area contributed by atoms with Gasteiger partial charge in [-0.05, 0) is 49.6 Å². The topological polar surface area (TPSA) is 43.3 Å². The smallest absolute Gasteiger partial charge is 0.142 e. The maximum absolute atomic E-state index is 6.23. The quantitative estimate of drug-likeness (QED) is 0.719. The summed E-state index contributed by atoms with van der Waals surface area (Å²) in [5, 5.41) is 0. The predicted octanol–water partition coefficient (Wildman–Crippen LogP) is 3.51. The minimum atomic E-state index is 0.696. The first kappa shape index (κ1) is 11.8. The summed E-state index contributed by atoms with van der Waals surface area (Å²) in [4.78, 5) is 4.69. The number of pyridine rings is 1. The summed E-state index contributed by atoms with van der Waals surface area (Å²) in [5.74, 6) is 0.696. The van der Waals surface area contributed by atoms with E-state index in [9.17, 15) is 0 Å². The van der Waals surface area contributed by atoms with Crippen LogP contribution >= 0.6 is 0 Å². The average molecular weight is 251 g/mol. The molecule has 3 heteroatoms. The number of fused-ring (bicyclic) bond motifs is 1. The zero-order valence-electron chi connectivity index (χ0n) is 11.4. The monoisotopic (exact) mass is 251 g/mol. The Labute approximate surface area is 112 Å². The van der Waals surface area contributed by atoms with Crippen molar-refractivity contribution in [2.45, 2.75) is 20.8 Å². The molecule has 0 atom stereocenters. The maximum atomic E-state index is 6.23. The van der Waals surface area contributed by atoms with Gasteiger partial charge in [0.2, 0.25) is 0 Å². The largest absolute Gasteiger partial charge is 0.383 e. The summed E-state index contributed by atoms with van der Waals surface area (Å²) in [5.41, 5.74) is 12.7. The molecular weight excluding hydrogens is 234 g/mol. The highest BCUT2D eigenvalue weighted by Crippen LogP contribution is 2.28. The molecule has 0 aliphatic heterocycles. The molecular formula is C16H17N3. The number of imidazole rings is 1. The van der Waals surface area contributed by atoms with Crippen molar-refractivity contribution in [2.75, 3.05) is 5.73 Å². The molecule has 19 heavy (non-hydrogen) atoms. The first-order valence-corrected chi connectivity index (χ1v) is 6.38. The zero-order valence-corrected chi connectivity index (χ0v) is 11.4. The summed E-state index contributed by atoms with van der Waals surface area (Å²) < 4.78 is 1.94. The molecule has 2 N–H and O–H groups in total. The van der Waals surface area contributed by atoms with Crippen LogP contribution in [0.4, 0.5) is 5.82 Å². The Kier molecular flexibility index (Phi) is 2.56. The summed E-state index contributed by atoms with van der Waals surface area (Å²) in [6.45, 7) is 6.26. The second-order valence-electron chi connectivity index (χ2n) is 5.03. The molecule has 0 saturated carbocycles. The van der Waals surface area contributed by atoms with E-state index in [1.165, 1.54) is 11.1 Å². The number of hydrogen-bond donors (Lipinski definition) is 1. The molecule has 0 bridgehead atoms. The Bertz CT molecular complexity index is 769. The fraction of sp³-hybridized carbons (Fsp3) is 0.188. The SMILES string of the molecule is Cc1ccc(-c2nc3c(C)cccn3c2N)cc1C. The van der Waals surface area contributed by atoms with Gasteiger partial charge in [0.1, 0.15) is 17.2 Å². The van der Waals surface area contributed by atoms with Gasteiger partial charge in [-0.2, -0.15) is 0 Å². The highest BCUT2D eigenvalue weighted by Gasteiger charge is 2.12. The molecule has 0 spiro atoms. The van der Waals surface area contributed by atoms with E-state index in [1.54, 1.807) is 0 Å². The van der Waals surface area contributed by atoms with Crippen LogP contribution in [0.3, 0.4) is 0 Å². The summed E-state index contributed by atoms with van der Waals surface area (Å²) in [7, 11) is 0. The fourth-order valence-electron chi connectivity index (χ4n) is 2.32. The van der Waals surface area contributed by atoms with Crippen molar-refractivity contribution in [3.8, 4) is 11.3 Å². The summed E-state index contributed by atoms with van der Waals surface area (Å²) in [6, 6.07) is 10.4. The van der Waals surface area contributed by atoms with Crippen LogP contribution in [-0.4, -0.2) is 9.38 Å². The lowest BCUT2D eigenvalue weighted by Gasteiger charge is -2.03. The van der Waals surface area contributed by atoms with Crippen LogP contribution in [0.25, 0.3) is 16.9 Å². The standard InChI is InChI=1S/C16H17N3/c1-10-6-7-13(9-12(10)3)14-15(17)19-8-4-5-11(2)16(19)18-14/h4-9H,17H2,1-3H3. The van der Waals surface area contributed by atoms with Crippen molar-refractivity contribution in [2.24, 2.45) is 0 Å². The number of hydrogen-bond acceptors (Lipinski definition) is 2. The van der Waals surface area contributed by atoms with Crippen molar-refractivity contribution >= 4 is 11.5 Å². The third kappa shape index (κ3) is 1.78. The van der Waals surface area contributed by atoms with E-state index in [1.807, 2.05) is 29.7 Å². The van der Waals surface area contributed by atoms with Crippen molar-refractivity contribution in [1.29, 1.82) is 0 Å². The van der Waals surface area contributed by atoms with Crippen LogP contribution in [0.5, 0.6) is 0 Å². The first-order chi connectivity index (χ1) is 9.08. The Balaban J connectivity index is 2.28. The second-order valence-corrected chi connectivity index (χ2v) is 5.03. The van der Waals surface area contributed by atoms with Gasteiger partial charge in [-0.25, -0.2) is 4.98 Å². The van der Waals surface area contributed by atoms with Gasteiger partial charge in [0.05, 0.1) is 0 Å². The van der Waals surface area contributed by atoms with Crippen LogP contribution in [0.15, 0.2) is 36.5 Å². The van der Waals surface area contributed by atoms with Crippen LogP contribution in [-0.2, 0) is 0 Å². The number of rotatable bonds is 1.